The van der Waals surface area contributed by atoms with Gasteiger partial charge in [0.25, 0.3) is 0 Å². The largest absolute Gasteiger partial charge is 0.507 e. The molecule has 0 radical (unpaired) electrons. The smallest absolute Gasteiger partial charge is 0.224 e. The summed E-state index contributed by atoms with van der Waals surface area (Å²) in [6.45, 7) is 3.67. The Morgan fingerprint density at radius 2 is 1.23 bits per heavy atom. The Bertz CT molecular complexity index is 612. The van der Waals surface area contributed by atoms with Crippen molar-refractivity contribution in [2.24, 2.45) is 0 Å². The average molecular weight is 418 g/mol. The number of aromatic hydroxyl groups is 1. The monoisotopic (exact) mass is 417 g/mol. The molecule has 0 saturated carbocycles. The van der Waals surface area contributed by atoms with Crippen molar-refractivity contribution in [2.45, 2.75) is 117 Å². The van der Waals surface area contributed by atoms with Gasteiger partial charge in [0.2, 0.25) is 5.91 Å². The minimum absolute atomic E-state index is 0.0371. The Balaban J connectivity index is 1.95. The van der Waals surface area contributed by atoms with Crippen LogP contribution in [0, 0.1) is 0 Å². The van der Waals surface area contributed by atoms with Crippen molar-refractivity contribution in [3.05, 3.63) is 23.8 Å². The lowest BCUT2D eigenvalue weighted by Gasteiger charge is -2.08. The van der Waals surface area contributed by atoms with E-state index in [0.29, 0.717) is 12.1 Å². The number of amides is 1. The van der Waals surface area contributed by atoms with Crippen molar-refractivity contribution in [2.75, 3.05) is 5.32 Å². The summed E-state index contributed by atoms with van der Waals surface area (Å²) in [4.78, 5) is 23.5. The Hall–Kier alpha value is -1.84. The van der Waals surface area contributed by atoms with E-state index in [9.17, 15) is 14.7 Å². The Kier molecular flexibility index (Phi) is 14.8. The van der Waals surface area contributed by atoms with Crippen LogP contribution in [0.15, 0.2) is 18.2 Å². The second-order valence-electron chi connectivity index (χ2n) is 8.54. The van der Waals surface area contributed by atoms with Crippen molar-refractivity contribution in [1.82, 2.24) is 0 Å². The van der Waals surface area contributed by atoms with Gasteiger partial charge in [-0.1, -0.05) is 96.8 Å². The third-order valence-corrected chi connectivity index (χ3v) is 5.67. The maximum absolute atomic E-state index is 12.1. The number of ketones is 1. The van der Waals surface area contributed by atoms with Gasteiger partial charge in [0.05, 0.1) is 5.56 Å². The molecule has 0 spiro atoms. The van der Waals surface area contributed by atoms with Crippen molar-refractivity contribution < 1.29 is 14.7 Å². The van der Waals surface area contributed by atoms with E-state index in [4.69, 9.17) is 0 Å². The summed E-state index contributed by atoms with van der Waals surface area (Å²) < 4.78 is 0. The predicted molar refractivity (Wildman–Crippen MR) is 126 cm³/mol. The molecule has 0 atom stereocenters. The molecule has 0 saturated heterocycles. The van der Waals surface area contributed by atoms with E-state index in [-0.39, 0.29) is 23.0 Å². The predicted octanol–water partition coefficient (Wildman–Crippen LogP) is 7.79. The first-order chi connectivity index (χ1) is 14.5. The lowest BCUT2D eigenvalue weighted by molar-refractivity contribution is -0.116. The molecule has 1 amide bonds. The highest BCUT2D eigenvalue weighted by Gasteiger charge is 2.09. The van der Waals surface area contributed by atoms with Gasteiger partial charge in [0.1, 0.15) is 5.75 Å². The zero-order valence-electron chi connectivity index (χ0n) is 19.3. The number of unbranched alkanes of at least 4 members (excludes halogenated alkanes) is 14. The lowest BCUT2D eigenvalue weighted by atomic mass is 10.0. The molecule has 4 nitrogen and oxygen atoms in total. The first-order valence-corrected chi connectivity index (χ1v) is 12.2. The summed E-state index contributed by atoms with van der Waals surface area (Å²) in [5.41, 5.74) is 0.795. The Morgan fingerprint density at radius 3 is 1.70 bits per heavy atom. The number of phenolic OH excluding ortho intramolecular Hbond substituents is 1. The van der Waals surface area contributed by atoms with E-state index in [0.717, 1.165) is 12.8 Å². The van der Waals surface area contributed by atoms with E-state index in [2.05, 4.69) is 12.2 Å². The summed E-state index contributed by atoms with van der Waals surface area (Å²) in [7, 11) is 0. The average Bonchev–Trinajstić information content (AvgIpc) is 2.72. The number of hydrogen-bond donors (Lipinski definition) is 2. The van der Waals surface area contributed by atoms with Crippen LogP contribution in [-0.4, -0.2) is 16.8 Å². The molecule has 0 bridgehead atoms. The Labute approximate surface area is 183 Å². The molecular formula is C26H43NO3. The van der Waals surface area contributed by atoms with Crippen molar-refractivity contribution in [1.29, 1.82) is 0 Å². The summed E-state index contributed by atoms with van der Waals surface area (Å²) in [5, 5.41) is 12.5. The fourth-order valence-corrected chi connectivity index (χ4v) is 3.78. The standard InChI is InChI=1S/C26H43NO3/c1-3-4-5-6-7-8-9-10-11-12-13-14-15-16-17-18-26(30)27-23-19-20-25(29)24(21-23)22(2)28/h19-21,29H,3-18H2,1-2H3,(H,27,30). The number of Topliss-reactive ketones (excluding diaryl/α,β-unsaturated/α-hetero) is 1. The molecule has 4 heteroatoms. The van der Waals surface area contributed by atoms with Crippen LogP contribution in [0.1, 0.15) is 127 Å². The van der Waals surface area contributed by atoms with Gasteiger partial charge < -0.3 is 10.4 Å². The molecule has 30 heavy (non-hydrogen) atoms. The molecule has 0 aromatic heterocycles. The van der Waals surface area contributed by atoms with Crippen LogP contribution in [0.2, 0.25) is 0 Å². The van der Waals surface area contributed by atoms with Crippen molar-refractivity contribution in [3.63, 3.8) is 0 Å². The lowest BCUT2D eigenvalue weighted by Crippen LogP contribution is -2.11. The van der Waals surface area contributed by atoms with Crippen LogP contribution in [0.3, 0.4) is 0 Å². The highest BCUT2D eigenvalue weighted by molar-refractivity contribution is 5.99. The topological polar surface area (TPSA) is 66.4 Å². The highest BCUT2D eigenvalue weighted by atomic mass is 16.3. The molecule has 0 unspecified atom stereocenters. The minimum Gasteiger partial charge on any atom is -0.507 e. The fourth-order valence-electron chi connectivity index (χ4n) is 3.78. The molecule has 2 N–H and O–H groups in total. The van der Waals surface area contributed by atoms with Gasteiger partial charge in [0.15, 0.2) is 5.78 Å². The number of anilines is 1. The molecule has 0 aliphatic heterocycles. The minimum atomic E-state index is -0.217. The number of phenols is 1. The van der Waals surface area contributed by atoms with Crippen LogP contribution in [-0.2, 0) is 4.79 Å². The van der Waals surface area contributed by atoms with Crippen LogP contribution < -0.4 is 5.32 Å². The second kappa shape index (κ2) is 16.9. The number of hydrogen-bond acceptors (Lipinski definition) is 3. The molecular weight excluding hydrogens is 374 g/mol. The quantitative estimate of drug-likeness (QED) is 0.145. The first kappa shape index (κ1) is 26.2. The molecule has 0 aliphatic carbocycles. The number of benzene rings is 1. The second-order valence-corrected chi connectivity index (χ2v) is 8.54. The van der Waals surface area contributed by atoms with Gasteiger partial charge in [-0.05, 0) is 31.5 Å². The first-order valence-electron chi connectivity index (χ1n) is 12.2. The van der Waals surface area contributed by atoms with Gasteiger partial charge in [-0.3, -0.25) is 9.59 Å². The van der Waals surface area contributed by atoms with Gasteiger partial charge in [-0.15, -0.1) is 0 Å². The summed E-state index contributed by atoms with van der Waals surface area (Å²) in [6.07, 6.45) is 20.1. The highest BCUT2D eigenvalue weighted by Crippen LogP contribution is 2.22. The fraction of sp³-hybridized carbons (Fsp3) is 0.692. The van der Waals surface area contributed by atoms with Gasteiger partial charge in [-0.25, -0.2) is 0 Å². The molecule has 1 rings (SSSR count). The normalized spacial score (nSPS) is 10.9. The van der Waals surface area contributed by atoms with E-state index < -0.39 is 0 Å². The van der Waals surface area contributed by atoms with Gasteiger partial charge in [-0.2, -0.15) is 0 Å². The summed E-state index contributed by atoms with van der Waals surface area (Å²) >= 11 is 0. The van der Waals surface area contributed by atoms with Crippen molar-refractivity contribution in [3.8, 4) is 5.75 Å². The molecule has 1 aromatic carbocycles. The number of carbonyl (C=O) groups excluding carboxylic acids is 2. The van der Waals surface area contributed by atoms with Crippen LogP contribution in [0.5, 0.6) is 5.75 Å². The van der Waals surface area contributed by atoms with Crippen LogP contribution in [0.4, 0.5) is 5.69 Å². The van der Waals surface area contributed by atoms with E-state index in [1.54, 1.807) is 6.07 Å². The molecule has 170 valence electrons. The third-order valence-electron chi connectivity index (χ3n) is 5.67. The van der Waals surface area contributed by atoms with E-state index in [1.165, 1.54) is 103 Å². The Morgan fingerprint density at radius 1 is 0.767 bits per heavy atom. The molecule has 0 aliphatic rings. The van der Waals surface area contributed by atoms with E-state index in [1.807, 2.05) is 0 Å². The van der Waals surface area contributed by atoms with Crippen LogP contribution >= 0.6 is 0 Å². The number of nitrogens with one attached hydrogen (secondary N) is 1. The van der Waals surface area contributed by atoms with Crippen molar-refractivity contribution >= 4 is 17.4 Å². The SMILES string of the molecule is CCCCCCCCCCCCCCCCCC(=O)Nc1ccc(O)c(C(C)=O)c1. The molecule has 0 fully saturated rings. The van der Waals surface area contributed by atoms with Gasteiger partial charge >= 0.3 is 0 Å². The third kappa shape index (κ3) is 12.7. The number of carbonyl (C=O) groups is 2. The summed E-state index contributed by atoms with van der Waals surface area (Å²) in [6, 6.07) is 4.59. The summed E-state index contributed by atoms with van der Waals surface area (Å²) in [5.74, 6) is -0.307. The van der Waals surface area contributed by atoms with Crippen LogP contribution in [0.25, 0.3) is 0 Å². The molecule has 0 heterocycles. The van der Waals surface area contributed by atoms with E-state index >= 15 is 0 Å². The zero-order valence-corrected chi connectivity index (χ0v) is 19.3. The van der Waals surface area contributed by atoms with Gasteiger partial charge in [0, 0.05) is 12.1 Å². The molecule has 1 aromatic rings. The maximum Gasteiger partial charge on any atom is 0.224 e. The maximum atomic E-state index is 12.1. The zero-order chi connectivity index (χ0) is 22.0. The number of rotatable bonds is 18.